The van der Waals surface area contributed by atoms with Crippen LogP contribution < -0.4 is 14.4 Å². The van der Waals surface area contributed by atoms with E-state index >= 15 is 0 Å². The van der Waals surface area contributed by atoms with Gasteiger partial charge in [0.2, 0.25) is 5.91 Å². The van der Waals surface area contributed by atoms with Gasteiger partial charge in [-0.3, -0.25) is 9.10 Å². The van der Waals surface area contributed by atoms with Crippen LogP contribution in [0.3, 0.4) is 0 Å². The molecule has 0 saturated carbocycles. The minimum atomic E-state index is -3.95. The van der Waals surface area contributed by atoms with Crippen LogP contribution in [0, 0.1) is 13.8 Å². The summed E-state index contributed by atoms with van der Waals surface area (Å²) < 4.78 is 32.9. The lowest BCUT2D eigenvalue weighted by molar-refractivity contribution is -0.114. The molecule has 3 aromatic rings. The van der Waals surface area contributed by atoms with Gasteiger partial charge >= 0.3 is 0 Å². The lowest BCUT2D eigenvalue weighted by Gasteiger charge is -2.24. The van der Waals surface area contributed by atoms with Gasteiger partial charge in [0.05, 0.1) is 17.7 Å². The van der Waals surface area contributed by atoms with Gasteiger partial charge in [0.15, 0.2) is 0 Å². The van der Waals surface area contributed by atoms with E-state index in [1.54, 1.807) is 60.7 Å². The predicted molar refractivity (Wildman–Crippen MR) is 119 cm³/mol. The highest BCUT2D eigenvalue weighted by Gasteiger charge is 2.27. The Balaban J connectivity index is 1.93. The van der Waals surface area contributed by atoms with Crippen LogP contribution in [0.2, 0.25) is 0 Å². The summed E-state index contributed by atoms with van der Waals surface area (Å²) in [6.07, 6.45) is 0. The average Bonchev–Trinajstić information content (AvgIpc) is 2.74. The molecule has 1 N–H and O–H groups in total. The monoisotopic (exact) mass is 424 g/mol. The number of carbonyl (C=O) groups excluding carboxylic acids is 1. The second-order valence-electron chi connectivity index (χ2n) is 6.94. The van der Waals surface area contributed by atoms with Crippen LogP contribution in [0.15, 0.2) is 77.7 Å². The van der Waals surface area contributed by atoms with Gasteiger partial charge in [0.25, 0.3) is 10.0 Å². The van der Waals surface area contributed by atoms with Crippen LogP contribution in [0.25, 0.3) is 0 Å². The molecule has 0 atom stereocenters. The predicted octanol–water partition coefficient (Wildman–Crippen LogP) is 4.15. The number of anilines is 2. The molecule has 0 aliphatic rings. The van der Waals surface area contributed by atoms with Crippen LogP contribution in [0.4, 0.5) is 11.4 Å². The Morgan fingerprint density at radius 1 is 0.867 bits per heavy atom. The normalized spacial score (nSPS) is 11.0. The topological polar surface area (TPSA) is 75.7 Å². The average molecular weight is 425 g/mol. The number of benzene rings is 3. The number of hydrogen-bond donors (Lipinski definition) is 1. The largest absolute Gasteiger partial charge is 0.497 e. The maximum atomic E-state index is 13.3. The number of nitrogens with one attached hydrogen (secondary N) is 1. The maximum absolute atomic E-state index is 13.3. The van der Waals surface area contributed by atoms with E-state index in [9.17, 15) is 13.2 Å². The zero-order valence-corrected chi connectivity index (χ0v) is 17.9. The van der Waals surface area contributed by atoms with Gasteiger partial charge in [0, 0.05) is 5.69 Å². The molecule has 0 fully saturated rings. The number of aryl methyl sites for hydroxylation is 2. The number of nitrogens with zero attached hydrogens (tertiary/aromatic N) is 1. The molecule has 3 rings (SSSR count). The summed E-state index contributed by atoms with van der Waals surface area (Å²) in [7, 11) is -2.42. The van der Waals surface area contributed by atoms with Crippen molar-refractivity contribution >= 4 is 27.3 Å². The van der Waals surface area contributed by atoms with E-state index in [0.717, 1.165) is 15.4 Å². The van der Waals surface area contributed by atoms with Crippen LogP contribution in [-0.2, 0) is 14.8 Å². The number of hydrogen-bond acceptors (Lipinski definition) is 4. The summed E-state index contributed by atoms with van der Waals surface area (Å²) >= 11 is 0. The highest BCUT2D eigenvalue weighted by Crippen LogP contribution is 2.26. The van der Waals surface area contributed by atoms with Gasteiger partial charge in [-0.05, 0) is 62.4 Å². The van der Waals surface area contributed by atoms with Gasteiger partial charge in [-0.2, -0.15) is 0 Å². The van der Waals surface area contributed by atoms with Crippen molar-refractivity contribution in [2.45, 2.75) is 18.7 Å². The summed E-state index contributed by atoms with van der Waals surface area (Å²) in [5, 5.41) is 2.75. The molecule has 0 aliphatic carbocycles. The lowest BCUT2D eigenvalue weighted by Crippen LogP contribution is -2.38. The van der Waals surface area contributed by atoms with Crippen LogP contribution in [0.1, 0.15) is 11.1 Å². The lowest BCUT2D eigenvalue weighted by atomic mass is 10.2. The smallest absolute Gasteiger partial charge is 0.264 e. The molecule has 0 saturated heterocycles. The maximum Gasteiger partial charge on any atom is 0.264 e. The minimum absolute atomic E-state index is 0.118. The van der Waals surface area contributed by atoms with E-state index < -0.39 is 15.9 Å². The van der Waals surface area contributed by atoms with Crippen LogP contribution in [0.5, 0.6) is 5.75 Å². The van der Waals surface area contributed by atoms with Crippen molar-refractivity contribution < 1.29 is 17.9 Å². The summed E-state index contributed by atoms with van der Waals surface area (Å²) in [5.74, 6) is 0.154. The Labute approximate surface area is 177 Å². The molecule has 3 aromatic carbocycles. The zero-order chi connectivity index (χ0) is 21.7. The molecule has 0 unspecified atom stereocenters. The first-order chi connectivity index (χ1) is 14.3. The summed E-state index contributed by atoms with van der Waals surface area (Å²) in [5.41, 5.74) is 2.99. The summed E-state index contributed by atoms with van der Waals surface area (Å²) in [6.45, 7) is 3.47. The first-order valence-corrected chi connectivity index (χ1v) is 10.8. The molecule has 6 nitrogen and oxygen atoms in total. The van der Waals surface area contributed by atoms with Crippen molar-refractivity contribution in [3.63, 3.8) is 0 Å². The molecular weight excluding hydrogens is 400 g/mol. The Hall–Kier alpha value is -3.32. The fourth-order valence-electron chi connectivity index (χ4n) is 2.87. The van der Waals surface area contributed by atoms with Gasteiger partial charge in [-0.25, -0.2) is 8.42 Å². The van der Waals surface area contributed by atoms with E-state index in [2.05, 4.69) is 5.32 Å². The first kappa shape index (κ1) is 21.4. The molecule has 156 valence electrons. The Morgan fingerprint density at radius 2 is 1.40 bits per heavy atom. The van der Waals surface area contributed by atoms with Gasteiger partial charge in [-0.15, -0.1) is 0 Å². The van der Waals surface area contributed by atoms with E-state index in [1.807, 2.05) is 26.0 Å². The molecule has 0 bridgehead atoms. The number of methoxy groups -OCH3 is 1. The number of sulfonamides is 1. The van der Waals surface area contributed by atoms with Gasteiger partial charge in [0.1, 0.15) is 12.3 Å². The SMILES string of the molecule is COc1ccc(N(CC(=O)Nc2ccc(C)cc2)S(=O)(=O)c2ccc(C)cc2)cc1. The van der Waals surface area contributed by atoms with Crippen molar-refractivity contribution in [3.05, 3.63) is 83.9 Å². The van der Waals surface area contributed by atoms with Gasteiger partial charge in [-0.1, -0.05) is 35.4 Å². The van der Waals surface area contributed by atoms with E-state index in [0.29, 0.717) is 17.1 Å². The van der Waals surface area contributed by atoms with E-state index in [-0.39, 0.29) is 11.4 Å². The van der Waals surface area contributed by atoms with Crippen LogP contribution >= 0.6 is 0 Å². The Bertz CT molecular complexity index is 1110. The third-order valence-electron chi connectivity index (χ3n) is 4.59. The quantitative estimate of drug-likeness (QED) is 0.618. The highest BCUT2D eigenvalue weighted by atomic mass is 32.2. The molecule has 30 heavy (non-hydrogen) atoms. The number of ether oxygens (including phenoxy) is 1. The summed E-state index contributed by atoms with van der Waals surface area (Å²) in [6, 6.07) is 20.4. The second kappa shape index (κ2) is 9.00. The zero-order valence-electron chi connectivity index (χ0n) is 17.1. The first-order valence-electron chi connectivity index (χ1n) is 9.39. The van der Waals surface area contributed by atoms with Crippen molar-refractivity contribution in [2.75, 3.05) is 23.3 Å². The van der Waals surface area contributed by atoms with E-state index in [1.165, 1.54) is 7.11 Å². The Kier molecular flexibility index (Phi) is 6.42. The van der Waals surface area contributed by atoms with E-state index in [4.69, 9.17) is 4.74 Å². The number of carbonyl (C=O) groups is 1. The molecule has 0 heterocycles. The standard InChI is InChI=1S/C23H24N2O4S/c1-17-4-8-19(9-5-17)24-23(26)16-25(20-10-12-21(29-3)13-11-20)30(27,28)22-14-6-18(2)7-15-22/h4-15H,16H2,1-3H3,(H,24,26). The molecule has 0 spiro atoms. The van der Waals surface area contributed by atoms with Gasteiger partial charge < -0.3 is 10.1 Å². The van der Waals surface area contributed by atoms with Crippen molar-refractivity contribution in [1.29, 1.82) is 0 Å². The molecule has 0 aliphatic heterocycles. The molecular formula is C23H24N2O4S. The molecule has 0 aromatic heterocycles. The highest BCUT2D eigenvalue weighted by molar-refractivity contribution is 7.92. The molecule has 0 radical (unpaired) electrons. The summed E-state index contributed by atoms with van der Waals surface area (Å²) in [4.78, 5) is 12.8. The number of rotatable bonds is 7. The molecule has 7 heteroatoms. The molecule has 1 amide bonds. The second-order valence-corrected chi connectivity index (χ2v) is 8.80. The minimum Gasteiger partial charge on any atom is -0.497 e. The van der Waals surface area contributed by atoms with Crippen molar-refractivity contribution in [1.82, 2.24) is 0 Å². The fraction of sp³-hybridized carbons (Fsp3) is 0.174. The number of amides is 1. The van der Waals surface area contributed by atoms with Crippen LogP contribution in [-0.4, -0.2) is 28.0 Å². The third kappa shape index (κ3) is 4.99. The Morgan fingerprint density at radius 3 is 1.93 bits per heavy atom. The van der Waals surface area contributed by atoms with Crippen molar-refractivity contribution in [2.24, 2.45) is 0 Å². The fourth-order valence-corrected chi connectivity index (χ4v) is 4.29. The van der Waals surface area contributed by atoms with Crippen molar-refractivity contribution in [3.8, 4) is 5.75 Å². The third-order valence-corrected chi connectivity index (χ3v) is 6.38.